The highest BCUT2D eigenvalue weighted by Crippen LogP contribution is 1.85. The molecule has 0 saturated heterocycles. The van der Waals surface area contributed by atoms with Crippen molar-refractivity contribution in [1.82, 2.24) is 0 Å². The Balaban J connectivity index is 3.54. The van der Waals surface area contributed by atoms with Crippen molar-refractivity contribution in [1.29, 1.82) is 0 Å². The van der Waals surface area contributed by atoms with Gasteiger partial charge in [-0.1, -0.05) is 5.92 Å². The summed E-state index contributed by atoms with van der Waals surface area (Å²) >= 11 is 0. The van der Waals surface area contributed by atoms with E-state index in [4.69, 9.17) is 16.6 Å². The Bertz CT molecular complexity index is 146. The summed E-state index contributed by atoms with van der Waals surface area (Å²) in [5.74, 6) is 1.14. The van der Waals surface area contributed by atoms with E-state index in [-0.39, 0.29) is 6.61 Å². The van der Waals surface area contributed by atoms with E-state index < -0.39 is 18.7 Å². The minimum atomic E-state index is -1.48. The SMILES string of the molecule is C#CCOC(=O)C(O)CO. The molecular weight excluding hydrogens is 136 g/mol. The number of carbonyl (C=O) groups is 1. The molecule has 0 radical (unpaired) electrons. The van der Waals surface area contributed by atoms with E-state index in [0.29, 0.717) is 0 Å². The molecule has 0 aliphatic rings. The lowest BCUT2D eigenvalue weighted by molar-refractivity contribution is -0.153. The van der Waals surface area contributed by atoms with E-state index in [1.54, 1.807) is 0 Å². The molecule has 4 nitrogen and oxygen atoms in total. The zero-order valence-electron chi connectivity index (χ0n) is 5.28. The third-order valence-corrected chi connectivity index (χ3v) is 0.743. The molecule has 1 atom stereocenters. The van der Waals surface area contributed by atoms with Gasteiger partial charge in [-0.15, -0.1) is 6.42 Å². The molecule has 0 saturated carbocycles. The molecular formula is C6H8O4. The van der Waals surface area contributed by atoms with Gasteiger partial charge in [-0.25, -0.2) is 4.79 Å². The standard InChI is InChI=1S/C6H8O4/c1-2-3-10-6(9)5(8)4-7/h1,5,7-8H,3-4H2. The number of ether oxygens (including phenoxy) is 1. The van der Waals surface area contributed by atoms with Gasteiger partial charge in [-0.2, -0.15) is 0 Å². The predicted molar refractivity (Wildman–Crippen MR) is 32.9 cm³/mol. The first-order chi connectivity index (χ1) is 4.72. The van der Waals surface area contributed by atoms with E-state index in [0.717, 1.165) is 0 Å². The average Bonchev–Trinajstić information content (AvgIpc) is 1.98. The number of hydrogen-bond donors (Lipinski definition) is 2. The van der Waals surface area contributed by atoms with Gasteiger partial charge in [0, 0.05) is 0 Å². The second-order valence-electron chi connectivity index (χ2n) is 1.51. The molecule has 0 aliphatic carbocycles. The maximum Gasteiger partial charge on any atom is 0.338 e. The zero-order valence-corrected chi connectivity index (χ0v) is 5.28. The molecule has 1 unspecified atom stereocenters. The average molecular weight is 144 g/mol. The fourth-order valence-corrected chi connectivity index (χ4v) is 0.284. The molecule has 0 aromatic rings. The molecule has 56 valence electrons. The van der Waals surface area contributed by atoms with Crippen molar-refractivity contribution in [3.8, 4) is 12.3 Å². The van der Waals surface area contributed by atoms with E-state index in [2.05, 4.69) is 4.74 Å². The molecule has 2 N–H and O–H groups in total. The summed E-state index contributed by atoms with van der Waals surface area (Å²) in [7, 11) is 0. The summed E-state index contributed by atoms with van der Waals surface area (Å²) in [5, 5.41) is 16.8. The van der Waals surface area contributed by atoms with Crippen molar-refractivity contribution in [2.24, 2.45) is 0 Å². The summed E-state index contributed by atoms with van der Waals surface area (Å²) in [5.41, 5.74) is 0. The molecule has 4 heteroatoms. The van der Waals surface area contributed by atoms with Crippen LogP contribution in [0.3, 0.4) is 0 Å². The van der Waals surface area contributed by atoms with Gasteiger partial charge in [0.15, 0.2) is 12.7 Å². The van der Waals surface area contributed by atoms with Crippen molar-refractivity contribution in [3.63, 3.8) is 0 Å². The third kappa shape index (κ3) is 3.07. The van der Waals surface area contributed by atoms with E-state index >= 15 is 0 Å². The molecule has 0 bridgehead atoms. The number of terminal acetylenes is 1. The second-order valence-corrected chi connectivity index (χ2v) is 1.51. The summed E-state index contributed by atoms with van der Waals surface area (Å²) < 4.78 is 4.26. The number of carbonyl (C=O) groups excluding carboxylic acids is 1. The van der Waals surface area contributed by atoms with E-state index in [9.17, 15) is 4.79 Å². The molecule has 0 fully saturated rings. The van der Waals surface area contributed by atoms with Gasteiger partial charge in [0.2, 0.25) is 0 Å². The third-order valence-electron chi connectivity index (χ3n) is 0.743. The Labute approximate surface area is 58.4 Å². The summed E-state index contributed by atoms with van der Waals surface area (Å²) in [6.45, 7) is -0.834. The molecule has 0 aliphatic heterocycles. The van der Waals surface area contributed by atoms with Gasteiger partial charge in [0.1, 0.15) is 0 Å². The molecule has 0 amide bonds. The fraction of sp³-hybridized carbons (Fsp3) is 0.500. The molecule has 0 aromatic carbocycles. The van der Waals surface area contributed by atoms with Crippen molar-refractivity contribution in [3.05, 3.63) is 0 Å². The van der Waals surface area contributed by atoms with Gasteiger partial charge < -0.3 is 14.9 Å². The number of aliphatic hydroxyl groups excluding tert-OH is 2. The lowest BCUT2D eigenvalue weighted by Gasteiger charge is -2.03. The monoisotopic (exact) mass is 144 g/mol. The van der Waals surface area contributed by atoms with Crippen LogP contribution in [-0.2, 0) is 9.53 Å². The van der Waals surface area contributed by atoms with Crippen LogP contribution < -0.4 is 0 Å². The molecule has 10 heavy (non-hydrogen) atoms. The van der Waals surface area contributed by atoms with Gasteiger partial charge in [-0.3, -0.25) is 0 Å². The summed E-state index contributed by atoms with van der Waals surface area (Å²) in [6, 6.07) is 0. The van der Waals surface area contributed by atoms with Crippen molar-refractivity contribution in [2.75, 3.05) is 13.2 Å². The number of esters is 1. The first-order valence-corrected chi connectivity index (χ1v) is 2.61. The van der Waals surface area contributed by atoms with Crippen molar-refractivity contribution >= 4 is 5.97 Å². The molecule has 0 rings (SSSR count). The Morgan fingerprint density at radius 2 is 2.40 bits per heavy atom. The van der Waals surface area contributed by atoms with Crippen molar-refractivity contribution in [2.45, 2.75) is 6.10 Å². The van der Waals surface area contributed by atoms with Gasteiger partial charge >= 0.3 is 5.97 Å². The maximum atomic E-state index is 10.4. The van der Waals surface area contributed by atoms with Crippen molar-refractivity contribution < 1.29 is 19.7 Å². The van der Waals surface area contributed by atoms with Crippen LogP contribution in [-0.4, -0.2) is 35.5 Å². The van der Waals surface area contributed by atoms with Crippen LogP contribution in [0.1, 0.15) is 0 Å². The summed E-state index contributed by atoms with van der Waals surface area (Å²) in [6.07, 6.45) is 3.27. The first kappa shape index (κ1) is 8.95. The Kier molecular flexibility index (Phi) is 4.29. The normalized spacial score (nSPS) is 11.7. The quantitative estimate of drug-likeness (QED) is 0.374. The van der Waals surface area contributed by atoms with Crippen LogP contribution in [0, 0.1) is 12.3 Å². The van der Waals surface area contributed by atoms with Gasteiger partial charge in [0.25, 0.3) is 0 Å². The van der Waals surface area contributed by atoms with Crippen LogP contribution in [0.15, 0.2) is 0 Å². The highest BCUT2D eigenvalue weighted by molar-refractivity contribution is 5.74. The van der Waals surface area contributed by atoms with E-state index in [1.807, 2.05) is 5.92 Å². The lowest BCUT2D eigenvalue weighted by Crippen LogP contribution is -2.26. The molecule has 0 heterocycles. The second kappa shape index (κ2) is 4.79. The Hall–Kier alpha value is -1.05. The highest BCUT2D eigenvalue weighted by atomic mass is 16.5. The van der Waals surface area contributed by atoms with Crippen LogP contribution in [0.25, 0.3) is 0 Å². The Morgan fingerprint density at radius 1 is 1.80 bits per heavy atom. The summed E-state index contributed by atoms with van der Waals surface area (Å²) in [4.78, 5) is 10.4. The maximum absolute atomic E-state index is 10.4. The number of rotatable bonds is 3. The van der Waals surface area contributed by atoms with Crippen LogP contribution in [0.4, 0.5) is 0 Å². The van der Waals surface area contributed by atoms with E-state index in [1.165, 1.54) is 0 Å². The number of hydrogen-bond acceptors (Lipinski definition) is 4. The number of aliphatic hydroxyl groups is 2. The van der Waals surface area contributed by atoms with Crippen LogP contribution in [0.5, 0.6) is 0 Å². The predicted octanol–water partition coefficient (Wildman–Crippen LogP) is -1.48. The topological polar surface area (TPSA) is 66.8 Å². The zero-order chi connectivity index (χ0) is 7.98. The minimum Gasteiger partial charge on any atom is -0.451 e. The lowest BCUT2D eigenvalue weighted by atomic mass is 10.4. The molecule has 0 aromatic heterocycles. The Morgan fingerprint density at radius 3 is 2.80 bits per heavy atom. The fourth-order valence-electron chi connectivity index (χ4n) is 0.284. The smallest absolute Gasteiger partial charge is 0.338 e. The minimum absolute atomic E-state index is 0.185. The molecule has 0 spiro atoms. The van der Waals surface area contributed by atoms with Crippen LogP contribution >= 0.6 is 0 Å². The highest BCUT2D eigenvalue weighted by Gasteiger charge is 2.13. The van der Waals surface area contributed by atoms with Gasteiger partial charge in [-0.05, 0) is 0 Å². The first-order valence-electron chi connectivity index (χ1n) is 2.61. The largest absolute Gasteiger partial charge is 0.451 e. The van der Waals surface area contributed by atoms with Crippen LogP contribution in [0.2, 0.25) is 0 Å². The van der Waals surface area contributed by atoms with Gasteiger partial charge in [0.05, 0.1) is 6.61 Å².